The number of nitrogens with one attached hydrogen (secondary N) is 1. The van der Waals surface area contributed by atoms with E-state index in [-0.39, 0.29) is 0 Å². The summed E-state index contributed by atoms with van der Waals surface area (Å²) in [6.07, 6.45) is 2.16. The van der Waals surface area contributed by atoms with E-state index < -0.39 is 0 Å². The van der Waals surface area contributed by atoms with Crippen LogP contribution in [0.4, 0.5) is 5.69 Å². The molecule has 0 aromatic heterocycles. The molecule has 2 rings (SSSR count). The topological polar surface area (TPSA) is 21.3 Å². The molecule has 0 aliphatic rings. The third-order valence-electron chi connectivity index (χ3n) is 2.99. The summed E-state index contributed by atoms with van der Waals surface area (Å²) < 4.78 is 5.75. The highest BCUT2D eigenvalue weighted by Crippen LogP contribution is 2.17. The molecule has 0 saturated heterocycles. The van der Waals surface area contributed by atoms with Crippen LogP contribution < -0.4 is 10.1 Å². The van der Waals surface area contributed by atoms with E-state index in [2.05, 4.69) is 25.2 Å². The molecule has 110 valence electrons. The van der Waals surface area contributed by atoms with Gasteiger partial charge >= 0.3 is 0 Å². The number of hydrogen-bond acceptors (Lipinski definition) is 2. The summed E-state index contributed by atoms with van der Waals surface area (Å²) in [4.78, 5) is 0. The Balaban J connectivity index is 1.84. The second-order valence-corrected chi connectivity index (χ2v) is 5.54. The standard InChI is InChI=1S/C18H20ClNO/c1-14(2)11-12-20-17-7-9-18(10-8-17)21-13-15-3-5-16(19)6-4-15/h3-11,20H,12-13H2,1-2H3. The maximum atomic E-state index is 5.86. The number of anilines is 1. The van der Waals surface area contributed by atoms with Crippen molar-refractivity contribution in [3.8, 4) is 5.75 Å². The van der Waals surface area contributed by atoms with Crippen molar-refractivity contribution in [2.24, 2.45) is 0 Å². The molecule has 0 aliphatic heterocycles. The van der Waals surface area contributed by atoms with Crippen LogP contribution in [0, 0.1) is 0 Å². The van der Waals surface area contributed by atoms with Crippen molar-refractivity contribution in [2.45, 2.75) is 20.5 Å². The van der Waals surface area contributed by atoms with Crippen molar-refractivity contribution < 1.29 is 4.74 Å². The van der Waals surface area contributed by atoms with Crippen molar-refractivity contribution in [2.75, 3.05) is 11.9 Å². The van der Waals surface area contributed by atoms with Crippen molar-refractivity contribution in [1.82, 2.24) is 0 Å². The molecule has 2 aromatic carbocycles. The van der Waals surface area contributed by atoms with Gasteiger partial charge in [-0.2, -0.15) is 0 Å². The summed E-state index contributed by atoms with van der Waals surface area (Å²) in [6, 6.07) is 15.7. The van der Waals surface area contributed by atoms with Gasteiger partial charge in [0.15, 0.2) is 0 Å². The van der Waals surface area contributed by atoms with Crippen LogP contribution in [-0.2, 0) is 6.61 Å². The molecular formula is C18H20ClNO. The molecular weight excluding hydrogens is 282 g/mol. The molecule has 0 amide bonds. The molecule has 0 saturated carbocycles. The molecule has 0 fully saturated rings. The lowest BCUT2D eigenvalue weighted by atomic mass is 10.2. The fourth-order valence-electron chi connectivity index (χ4n) is 1.79. The summed E-state index contributed by atoms with van der Waals surface area (Å²) in [7, 11) is 0. The SMILES string of the molecule is CC(C)=CCNc1ccc(OCc2ccc(Cl)cc2)cc1. The fourth-order valence-corrected chi connectivity index (χ4v) is 1.92. The van der Waals surface area contributed by atoms with Gasteiger partial charge in [-0.25, -0.2) is 0 Å². The summed E-state index contributed by atoms with van der Waals surface area (Å²) >= 11 is 5.86. The average molecular weight is 302 g/mol. The van der Waals surface area contributed by atoms with Gasteiger partial charge in [-0.3, -0.25) is 0 Å². The summed E-state index contributed by atoms with van der Waals surface area (Å²) in [5.41, 5.74) is 3.50. The first-order valence-corrected chi connectivity index (χ1v) is 7.36. The van der Waals surface area contributed by atoms with Crippen molar-refractivity contribution in [3.63, 3.8) is 0 Å². The van der Waals surface area contributed by atoms with Crippen LogP contribution in [-0.4, -0.2) is 6.54 Å². The Labute approximate surface area is 131 Å². The summed E-state index contributed by atoms with van der Waals surface area (Å²) in [6.45, 7) is 5.57. The average Bonchev–Trinajstić information content (AvgIpc) is 2.48. The Hall–Kier alpha value is -1.93. The molecule has 0 heterocycles. The second-order valence-electron chi connectivity index (χ2n) is 5.10. The first-order valence-electron chi connectivity index (χ1n) is 6.98. The third-order valence-corrected chi connectivity index (χ3v) is 3.24. The molecule has 0 bridgehead atoms. The lowest BCUT2D eigenvalue weighted by molar-refractivity contribution is 0.306. The van der Waals surface area contributed by atoms with Crippen LogP contribution in [0.2, 0.25) is 5.02 Å². The molecule has 0 unspecified atom stereocenters. The van der Waals surface area contributed by atoms with Crippen LogP contribution in [0.15, 0.2) is 60.2 Å². The maximum Gasteiger partial charge on any atom is 0.119 e. The number of allylic oxidation sites excluding steroid dienone is 1. The van der Waals surface area contributed by atoms with Gasteiger partial charge in [-0.1, -0.05) is 35.4 Å². The van der Waals surface area contributed by atoms with E-state index in [0.29, 0.717) is 6.61 Å². The van der Waals surface area contributed by atoms with Gasteiger partial charge in [0, 0.05) is 17.3 Å². The van der Waals surface area contributed by atoms with E-state index in [9.17, 15) is 0 Å². The zero-order valence-electron chi connectivity index (χ0n) is 12.4. The lowest BCUT2D eigenvalue weighted by Gasteiger charge is -2.08. The van der Waals surface area contributed by atoms with Crippen LogP contribution in [0.25, 0.3) is 0 Å². The Morgan fingerprint density at radius 1 is 1.05 bits per heavy atom. The monoisotopic (exact) mass is 301 g/mol. The highest BCUT2D eigenvalue weighted by atomic mass is 35.5. The van der Waals surface area contributed by atoms with E-state index in [0.717, 1.165) is 28.6 Å². The minimum atomic E-state index is 0.543. The third kappa shape index (κ3) is 5.52. The minimum Gasteiger partial charge on any atom is -0.489 e. The Morgan fingerprint density at radius 2 is 1.71 bits per heavy atom. The molecule has 2 nitrogen and oxygen atoms in total. The number of benzene rings is 2. The zero-order chi connectivity index (χ0) is 15.1. The minimum absolute atomic E-state index is 0.543. The number of rotatable bonds is 6. The Morgan fingerprint density at radius 3 is 2.33 bits per heavy atom. The van der Waals surface area contributed by atoms with Crippen molar-refractivity contribution in [3.05, 3.63) is 70.8 Å². The highest BCUT2D eigenvalue weighted by Gasteiger charge is 1.97. The van der Waals surface area contributed by atoms with Crippen LogP contribution >= 0.6 is 11.6 Å². The molecule has 1 N–H and O–H groups in total. The van der Waals surface area contributed by atoms with E-state index in [4.69, 9.17) is 16.3 Å². The largest absolute Gasteiger partial charge is 0.489 e. The summed E-state index contributed by atoms with van der Waals surface area (Å²) in [5.74, 6) is 0.859. The molecule has 0 spiro atoms. The molecule has 2 aromatic rings. The Bertz CT molecular complexity index is 584. The molecule has 0 aliphatic carbocycles. The number of hydrogen-bond donors (Lipinski definition) is 1. The van der Waals surface area contributed by atoms with Crippen molar-refractivity contribution >= 4 is 17.3 Å². The first-order chi connectivity index (χ1) is 10.1. The quantitative estimate of drug-likeness (QED) is 0.731. The van der Waals surface area contributed by atoms with Crippen LogP contribution in [0.1, 0.15) is 19.4 Å². The fraction of sp³-hybridized carbons (Fsp3) is 0.222. The number of halogens is 1. The predicted molar refractivity (Wildman–Crippen MR) is 90.1 cm³/mol. The zero-order valence-corrected chi connectivity index (χ0v) is 13.2. The van der Waals surface area contributed by atoms with Crippen LogP contribution in [0.5, 0.6) is 5.75 Å². The van der Waals surface area contributed by atoms with Crippen LogP contribution in [0.3, 0.4) is 0 Å². The van der Waals surface area contributed by atoms with Gasteiger partial charge in [0.25, 0.3) is 0 Å². The van der Waals surface area contributed by atoms with Gasteiger partial charge in [0.1, 0.15) is 12.4 Å². The van der Waals surface area contributed by atoms with Gasteiger partial charge in [-0.15, -0.1) is 0 Å². The lowest BCUT2D eigenvalue weighted by Crippen LogP contribution is -1.99. The van der Waals surface area contributed by atoms with E-state index in [1.54, 1.807) is 0 Å². The highest BCUT2D eigenvalue weighted by molar-refractivity contribution is 6.30. The van der Waals surface area contributed by atoms with E-state index in [1.165, 1.54) is 5.57 Å². The van der Waals surface area contributed by atoms with Gasteiger partial charge in [0.05, 0.1) is 0 Å². The molecule has 3 heteroatoms. The van der Waals surface area contributed by atoms with Gasteiger partial charge < -0.3 is 10.1 Å². The molecule has 21 heavy (non-hydrogen) atoms. The van der Waals surface area contributed by atoms with E-state index >= 15 is 0 Å². The van der Waals surface area contributed by atoms with E-state index in [1.807, 2.05) is 48.5 Å². The molecule has 0 radical (unpaired) electrons. The number of ether oxygens (including phenoxy) is 1. The smallest absolute Gasteiger partial charge is 0.119 e. The Kier molecular flexibility index (Phi) is 5.70. The maximum absolute atomic E-state index is 5.86. The normalized spacial score (nSPS) is 10.0. The predicted octanol–water partition coefficient (Wildman–Crippen LogP) is 5.30. The summed E-state index contributed by atoms with van der Waals surface area (Å²) in [5, 5.41) is 4.08. The van der Waals surface area contributed by atoms with Crippen molar-refractivity contribution in [1.29, 1.82) is 0 Å². The van der Waals surface area contributed by atoms with Gasteiger partial charge in [0.2, 0.25) is 0 Å². The molecule has 0 atom stereocenters. The second kappa shape index (κ2) is 7.75. The first kappa shape index (κ1) is 15.5. The van der Waals surface area contributed by atoms with Gasteiger partial charge in [-0.05, 0) is 55.8 Å².